The van der Waals surface area contributed by atoms with Gasteiger partial charge in [-0.05, 0) is 31.2 Å². The van der Waals surface area contributed by atoms with Crippen LogP contribution in [-0.4, -0.2) is 27.5 Å². The Hall–Kier alpha value is -0.690. The minimum atomic E-state index is -3.76. The fourth-order valence-electron chi connectivity index (χ4n) is 1.72. The SMILES string of the molecule is O=S(=O)(N[C@@H]1CCNC1)c1cc(F)ccc1Cl. The average molecular weight is 279 g/mol. The fourth-order valence-corrected chi connectivity index (χ4v) is 3.50. The van der Waals surface area contributed by atoms with Gasteiger partial charge in [0.05, 0.1) is 5.02 Å². The van der Waals surface area contributed by atoms with Crippen molar-refractivity contribution in [2.45, 2.75) is 17.4 Å². The van der Waals surface area contributed by atoms with Crippen molar-refractivity contribution >= 4 is 21.6 Å². The molecule has 0 unspecified atom stereocenters. The molecule has 94 valence electrons. The van der Waals surface area contributed by atoms with Gasteiger partial charge in [0.15, 0.2) is 0 Å². The summed E-state index contributed by atoms with van der Waals surface area (Å²) in [7, 11) is -3.76. The van der Waals surface area contributed by atoms with Crippen LogP contribution in [0.15, 0.2) is 23.1 Å². The molecule has 1 aliphatic rings. The van der Waals surface area contributed by atoms with Gasteiger partial charge < -0.3 is 5.32 Å². The molecule has 17 heavy (non-hydrogen) atoms. The van der Waals surface area contributed by atoms with Crippen LogP contribution in [0, 0.1) is 5.82 Å². The third-order valence-corrected chi connectivity index (χ3v) is 4.57. The Balaban J connectivity index is 2.27. The highest BCUT2D eigenvalue weighted by molar-refractivity contribution is 7.89. The lowest BCUT2D eigenvalue weighted by Gasteiger charge is -2.12. The molecule has 0 spiro atoms. The third-order valence-electron chi connectivity index (χ3n) is 2.56. The summed E-state index contributed by atoms with van der Waals surface area (Å²) in [4.78, 5) is -0.217. The molecule has 1 saturated heterocycles. The second-order valence-electron chi connectivity index (χ2n) is 3.89. The lowest BCUT2D eigenvalue weighted by atomic mass is 10.3. The monoisotopic (exact) mass is 278 g/mol. The first-order chi connectivity index (χ1) is 7.99. The number of hydrogen-bond acceptors (Lipinski definition) is 3. The van der Waals surface area contributed by atoms with E-state index in [0.717, 1.165) is 18.7 Å². The van der Waals surface area contributed by atoms with Crippen LogP contribution in [0.5, 0.6) is 0 Å². The molecule has 0 aliphatic carbocycles. The molecule has 7 heteroatoms. The van der Waals surface area contributed by atoms with Gasteiger partial charge in [-0.2, -0.15) is 0 Å². The summed E-state index contributed by atoms with van der Waals surface area (Å²) < 4.78 is 39.5. The molecular formula is C10H12ClFN2O2S. The lowest BCUT2D eigenvalue weighted by Crippen LogP contribution is -2.36. The normalized spacial score (nSPS) is 20.7. The van der Waals surface area contributed by atoms with Gasteiger partial charge in [0, 0.05) is 12.6 Å². The highest BCUT2D eigenvalue weighted by atomic mass is 35.5. The summed E-state index contributed by atoms with van der Waals surface area (Å²) in [5.41, 5.74) is 0. The Kier molecular flexibility index (Phi) is 3.67. The van der Waals surface area contributed by atoms with Crippen molar-refractivity contribution in [2.75, 3.05) is 13.1 Å². The molecule has 1 fully saturated rings. The van der Waals surface area contributed by atoms with Gasteiger partial charge >= 0.3 is 0 Å². The van der Waals surface area contributed by atoms with Crippen LogP contribution < -0.4 is 10.0 Å². The van der Waals surface area contributed by atoms with E-state index in [1.54, 1.807) is 0 Å². The molecule has 0 bridgehead atoms. The van der Waals surface area contributed by atoms with E-state index < -0.39 is 15.8 Å². The first-order valence-corrected chi connectivity index (χ1v) is 7.03. The molecular weight excluding hydrogens is 267 g/mol. The zero-order valence-corrected chi connectivity index (χ0v) is 10.5. The molecule has 0 radical (unpaired) electrons. The molecule has 4 nitrogen and oxygen atoms in total. The molecule has 2 N–H and O–H groups in total. The van der Waals surface area contributed by atoms with Crippen molar-refractivity contribution in [1.82, 2.24) is 10.0 Å². The molecule has 1 heterocycles. The minimum absolute atomic E-state index is 0.0184. The Morgan fingerprint density at radius 1 is 1.47 bits per heavy atom. The average Bonchev–Trinajstić information content (AvgIpc) is 2.73. The van der Waals surface area contributed by atoms with E-state index in [2.05, 4.69) is 10.0 Å². The van der Waals surface area contributed by atoms with E-state index >= 15 is 0 Å². The van der Waals surface area contributed by atoms with Crippen molar-refractivity contribution in [2.24, 2.45) is 0 Å². The molecule has 0 amide bonds. The number of hydrogen-bond donors (Lipinski definition) is 2. The Bertz CT molecular complexity index is 515. The van der Waals surface area contributed by atoms with Crippen molar-refractivity contribution in [1.29, 1.82) is 0 Å². The largest absolute Gasteiger partial charge is 0.315 e. The zero-order valence-electron chi connectivity index (χ0n) is 8.91. The van der Waals surface area contributed by atoms with Crippen molar-refractivity contribution in [3.05, 3.63) is 29.0 Å². The van der Waals surface area contributed by atoms with Crippen LogP contribution in [0.25, 0.3) is 0 Å². The van der Waals surface area contributed by atoms with Crippen LogP contribution in [0.4, 0.5) is 4.39 Å². The highest BCUT2D eigenvalue weighted by Gasteiger charge is 2.24. The number of halogens is 2. The van der Waals surface area contributed by atoms with E-state index in [0.29, 0.717) is 13.0 Å². The van der Waals surface area contributed by atoms with Gasteiger partial charge in [-0.1, -0.05) is 11.6 Å². The predicted octanol–water partition coefficient (Wildman–Crippen LogP) is 1.12. The van der Waals surface area contributed by atoms with Gasteiger partial charge in [0.1, 0.15) is 10.7 Å². The second-order valence-corrected chi connectivity index (χ2v) is 5.98. The Morgan fingerprint density at radius 2 is 2.24 bits per heavy atom. The van der Waals surface area contributed by atoms with Gasteiger partial charge in [-0.3, -0.25) is 0 Å². The van der Waals surface area contributed by atoms with Gasteiger partial charge in [0.25, 0.3) is 0 Å². The first-order valence-electron chi connectivity index (χ1n) is 5.17. The van der Waals surface area contributed by atoms with Crippen molar-refractivity contribution in [3.8, 4) is 0 Å². The van der Waals surface area contributed by atoms with E-state index in [4.69, 9.17) is 11.6 Å². The smallest absolute Gasteiger partial charge is 0.242 e. The standard InChI is InChI=1S/C10H12ClFN2O2S/c11-9-2-1-7(12)5-10(9)17(15,16)14-8-3-4-13-6-8/h1-2,5,8,13-14H,3-4,6H2/t8-/m1/s1. The molecule has 1 aromatic rings. The second kappa shape index (κ2) is 4.89. The van der Waals surface area contributed by atoms with Crippen LogP contribution in [-0.2, 0) is 10.0 Å². The topological polar surface area (TPSA) is 58.2 Å². The summed E-state index contributed by atoms with van der Waals surface area (Å²) >= 11 is 5.76. The van der Waals surface area contributed by atoms with Gasteiger partial charge in [0.2, 0.25) is 10.0 Å². The van der Waals surface area contributed by atoms with E-state index in [9.17, 15) is 12.8 Å². The zero-order chi connectivity index (χ0) is 12.5. The van der Waals surface area contributed by atoms with Crippen LogP contribution >= 0.6 is 11.6 Å². The summed E-state index contributed by atoms with van der Waals surface area (Å²) in [6.07, 6.45) is 0.714. The molecule has 0 saturated carbocycles. The summed E-state index contributed by atoms with van der Waals surface area (Å²) in [5, 5.41) is 3.06. The maximum Gasteiger partial charge on any atom is 0.242 e. The van der Waals surface area contributed by atoms with Crippen molar-refractivity contribution in [3.63, 3.8) is 0 Å². The van der Waals surface area contributed by atoms with Gasteiger partial charge in [-0.15, -0.1) is 0 Å². The van der Waals surface area contributed by atoms with E-state index in [1.807, 2.05) is 0 Å². The molecule has 1 aliphatic heterocycles. The maximum absolute atomic E-state index is 13.0. The Morgan fingerprint density at radius 3 is 2.88 bits per heavy atom. The first kappa shape index (κ1) is 12.8. The maximum atomic E-state index is 13.0. The minimum Gasteiger partial charge on any atom is -0.315 e. The van der Waals surface area contributed by atoms with Crippen LogP contribution in [0.2, 0.25) is 5.02 Å². The number of rotatable bonds is 3. The van der Waals surface area contributed by atoms with Crippen molar-refractivity contribution < 1.29 is 12.8 Å². The third kappa shape index (κ3) is 2.95. The summed E-state index contributed by atoms with van der Waals surface area (Å²) in [6, 6.07) is 3.11. The predicted molar refractivity (Wildman–Crippen MR) is 63.0 cm³/mol. The lowest BCUT2D eigenvalue weighted by molar-refractivity contribution is 0.557. The molecule has 1 aromatic carbocycles. The number of benzene rings is 1. The van der Waals surface area contributed by atoms with E-state index in [1.165, 1.54) is 6.07 Å². The van der Waals surface area contributed by atoms with Gasteiger partial charge in [-0.25, -0.2) is 17.5 Å². The summed E-state index contributed by atoms with van der Waals surface area (Å²) in [6.45, 7) is 1.34. The van der Waals surface area contributed by atoms with Crippen LogP contribution in [0.1, 0.15) is 6.42 Å². The van der Waals surface area contributed by atoms with Crippen LogP contribution in [0.3, 0.4) is 0 Å². The number of nitrogens with one attached hydrogen (secondary N) is 2. The molecule has 1 atom stereocenters. The summed E-state index contributed by atoms with van der Waals surface area (Å²) in [5.74, 6) is -0.626. The highest BCUT2D eigenvalue weighted by Crippen LogP contribution is 2.22. The fraction of sp³-hybridized carbons (Fsp3) is 0.400. The quantitative estimate of drug-likeness (QED) is 0.871. The van der Waals surface area contributed by atoms with E-state index in [-0.39, 0.29) is 16.0 Å². The molecule has 2 rings (SSSR count). The number of sulfonamides is 1. The molecule has 0 aromatic heterocycles. The Labute approximate surface area is 104 Å².